The maximum atomic E-state index is 12.1. The van der Waals surface area contributed by atoms with Crippen LogP contribution >= 0.6 is 0 Å². The maximum Gasteiger partial charge on any atom is 0.360 e. The molecule has 0 spiro atoms. The van der Waals surface area contributed by atoms with Gasteiger partial charge in [0.25, 0.3) is 0 Å². The molecule has 1 saturated heterocycles. The van der Waals surface area contributed by atoms with Crippen molar-refractivity contribution in [3.63, 3.8) is 0 Å². The highest BCUT2D eigenvalue weighted by molar-refractivity contribution is 5.89. The summed E-state index contributed by atoms with van der Waals surface area (Å²) in [5.74, 6) is 0.329. The number of carbonyl (C=O) groups is 1. The Labute approximate surface area is 115 Å². The van der Waals surface area contributed by atoms with Crippen molar-refractivity contribution in [2.24, 2.45) is 7.05 Å². The number of oxazole rings is 1. The molecular formula is C13H15N3O4. The van der Waals surface area contributed by atoms with Crippen LogP contribution in [0, 0.1) is 6.92 Å². The van der Waals surface area contributed by atoms with Gasteiger partial charge in [-0.3, -0.25) is 4.68 Å². The van der Waals surface area contributed by atoms with Gasteiger partial charge in [-0.25, -0.2) is 9.78 Å². The summed E-state index contributed by atoms with van der Waals surface area (Å²) in [4.78, 5) is 16.3. The number of hydrogen-bond acceptors (Lipinski definition) is 6. The predicted molar refractivity (Wildman–Crippen MR) is 68.1 cm³/mol. The normalized spacial score (nSPS) is 18.4. The lowest BCUT2D eigenvalue weighted by Gasteiger charge is -2.08. The molecule has 0 aromatic carbocycles. The molecule has 0 bridgehead atoms. The van der Waals surface area contributed by atoms with Gasteiger partial charge in [0.2, 0.25) is 5.89 Å². The van der Waals surface area contributed by atoms with Crippen LogP contribution in [-0.2, 0) is 16.5 Å². The number of carbonyl (C=O) groups excluding carboxylic acids is 1. The number of hydrogen-bond donors (Lipinski definition) is 0. The van der Waals surface area contributed by atoms with Gasteiger partial charge >= 0.3 is 5.97 Å². The maximum absolute atomic E-state index is 12.1. The molecule has 2 aromatic rings. The Balaban J connectivity index is 1.79. The fourth-order valence-corrected chi connectivity index (χ4v) is 2.05. The lowest BCUT2D eigenvalue weighted by molar-refractivity contribution is 0.0263. The van der Waals surface area contributed by atoms with E-state index in [1.165, 1.54) is 0 Å². The fourth-order valence-electron chi connectivity index (χ4n) is 2.05. The lowest BCUT2D eigenvalue weighted by atomic mass is 10.3. The van der Waals surface area contributed by atoms with Crippen molar-refractivity contribution in [3.05, 3.63) is 23.8 Å². The molecule has 2 aromatic heterocycles. The van der Waals surface area contributed by atoms with Gasteiger partial charge in [0.15, 0.2) is 5.69 Å². The van der Waals surface area contributed by atoms with Crippen molar-refractivity contribution in [2.75, 3.05) is 13.2 Å². The minimum atomic E-state index is -0.475. The van der Waals surface area contributed by atoms with Crippen LogP contribution in [0.1, 0.15) is 22.7 Å². The molecule has 1 aliphatic heterocycles. The standard InChI is InChI=1S/C13H15N3O4/c1-8-11(13(17)20-10-3-4-18-7-10)15-12(19-8)9-5-14-16(2)6-9/h5-6,10H,3-4,7H2,1-2H3/t10-/m0/s1. The molecule has 0 amide bonds. The van der Waals surface area contributed by atoms with Crippen LogP contribution < -0.4 is 0 Å². The molecule has 3 rings (SSSR count). The highest BCUT2D eigenvalue weighted by Crippen LogP contribution is 2.22. The minimum Gasteiger partial charge on any atom is -0.455 e. The third-order valence-corrected chi connectivity index (χ3v) is 3.10. The Morgan fingerprint density at radius 2 is 2.40 bits per heavy atom. The van der Waals surface area contributed by atoms with Crippen LogP contribution in [0.4, 0.5) is 0 Å². The minimum absolute atomic E-state index is 0.194. The van der Waals surface area contributed by atoms with Gasteiger partial charge < -0.3 is 13.9 Å². The fraction of sp³-hybridized carbons (Fsp3) is 0.462. The van der Waals surface area contributed by atoms with Gasteiger partial charge in [-0.05, 0) is 6.92 Å². The average molecular weight is 277 g/mol. The smallest absolute Gasteiger partial charge is 0.360 e. The molecule has 20 heavy (non-hydrogen) atoms. The van der Waals surface area contributed by atoms with Crippen LogP contribution in [0.2, 0.25) is 0 Å². The summed E-state index contributed by atoms with van der Waals surface area (Å²) in [5.41, 5.74) is 0.926. The molecule has 0 saturated carbocycles. The van der Waals surface area contributed by atoms with Crippen molar-refractivity contribution >= 4 is 5.97 Å². The number of rotatable bonds is 3. The SMILES string of the molecule is Cc1oc(-c2cnn(C)c2)nc1C(=O)O[C@H]1CCOC1. The molecular weight excluding hydrogens is 262 g/mol. The lowest BCUT2D eigenvalue weighted by Crippen LogP contribution is -2.18. The Bertz CT molecular complexity index is 625. The highest BCUT2D eigenvalue weighted by atomic mass is 16.6. The van der Waals surface area contributed by atoms with Crippen molar-refractivity contribution in [1.82, 2.24) is 14.8 Å². The van der Waals surface area contributed by atoms with E-state index in [1.807, 2.05) is 0 Å². The van der Waals surface area contributed by atoms with Gasteiger partial charge in [-0.1, -0.05) is 0 Å². The molecule has 1 atom stereocenters. The Morgan fingerprint density at radius 1 is 1.55 bits per heavy atom. The molecule has 0 radical (unpaired) electrons. The first-order valence-electron chi connectivity index (χ1n) is 6.38. The highest BCUT2D eigenvalue weighted by Gasteiger charge is 2.25. The third-order valence-electron chi connectivity index (χ3n) is 3.10. The summed E-state index contributed by atoms with van der Waals surface area (Å²) in [5, 5.41) is 4.04. The number of esters is 1. The van der Waals surface area contributed by atoms with Gasteiger partial charge in [0.1, 0.15) is 11.9 Å². The molecule has 1 fully saturated rings. The quantitative estimate of drug-likeness (QED) is 0.787. The van der Waals surface area contributed by atoms with Crippen molar-refractivity contribution < 1.29 is 18.7 Å². The summed E-state index contributed by atoms with van der Waals surface area (Å²) >= 11 is 0. The van der Waals surface area contributed by atoms with Crippen molar-refractivity contribution in [2.45, 2.75) is 19.4 Å². The zero-order valence-corrected chi connectivity index (χ0v) is 11.3. The van der Waals surface area contributed by atoms with Crippen LogP contribution in [0.15, 0.2) is 16.8 Å². The van der Waals surface area contributed by atoms with Crippen LogP contribution in [0.3, 0.4) is 0 Å². The second-order valence-corrected chi connectivity index (χ2v) is 4.72. The molecule has 7 nitrogen and oxygen atoms in total. The Kier molecular flexibility index (Phi) is 3.27. The number of aromatic nitrogens is 3. The summed E-state index contributed by atoms with van der Waals surface area (Å²) in [6.07, 6.45) is 3.93. The molecule has 7 heteroatoms. The van der Waals surface area contributed by atoms with Crippen molar-refractivity contribution in [1.29, 1.82) is 0 Å². The second kappa shape index (κ2) is 5.09. The molecule has 106 valence electrons. The first-order chi connectivity index (χ1) is 9.63. The van der Waals surface area contributed by atoms with Crippen LogP contribution in [-0.4, -0.2) is 40.1 Å². The Morgan fingerprint density at radius 3 is 3.05 bits per heavy atom. The zero-order valence-electron chi connectivity index (χ0n) is 11.3. The largest absolute Gasteiger partial charge is 0.455 e. The Hall–Kier alpha value is -2.15. The summed E-state index contributed by atoms with van der Waals surface area (Å²) in [6.45, 7) is 2.75. The molecule has 0 N–H and O–H groups in total. The molecule has 0 unspecified atom stereocenters. The molecule has 3 heterocycles. The number of aryl methyl sites for hydroxylation is 2. The van der Waals surface area contributed by atoms with E-state index in [-0.39, 0.29) is 11.8 Å². The monoisotopic (exact) mass is 277 g/mol. The van der Waals surface area contributed by atoms with Gasteiger partial charge in [0, 0.05) is 19.7 Å². The molecule has 0 aliphatic carbocycles. The van der Waals surface area contributed by atoms with Gasteiger partial charge in [-0.15, -0.1) is 0 Å². The van der Waals surface area contributed by atoms with Crippen molar-refractivity contribution in [3.8, 4) is 11.5 Å². The van der Waals surface area contributed by atoms with E-state index in [0.29, 0.717) is 24.9 Å². The second-order valence-electron chi connectivity index (χ2n) is 4.72. The van der Waals surface area contributed by atoms with E-state index in [2.05, 4.69) is 10.1 Å². The van der Waals surface area contributed by atoms with E-state index in [1.54, 1.807) is 31.0 Å². The van der Waals surface area contributed by atoms with E-state index in [4.69, 9.17) is 13.9 Å². The number of nitrogens with zero attached hydrogens (tertiary/aromatic N) is 3. The summed E-state index contributed by atoms with van der Waals surface area (Å²) in [6, 6.07) is 0. The van der Waals surface area contributed by atoms with Gasteiger partial charge in [-0.2, -0.15) is 5.10 Å². The summed E-state index contributed by atoms with van der Waals surface area (Å²) in [7, 11) is 1.80. The molecule has 1 aliphatic rings. The average Bonchev–Trinajstić information content (AvgIpc) is 3.10. The predicted octanol–water partition coefficient (Wildman–Crippen LogP) is 1.33. The summed E-state index contributed by atoms with van der Waals surface area (Å²) < 4.78 is 17.6. The van der Waals surface area contributed by atoms with E-state index in [0.717, 1.165) is 12.0 Å². The van der Waals surface area contributed by atoms with E-state index >= 15 is 0 Å². The van der Waals surface area contributed by atoms with Crippen LogP contribution in [0.5, 0.6) is 0 Å². The van der Waals surface area contributed by atoms with E-state index < -0.39 is 5.97 Å². The topological polar surface area (TPSA) is 79.4 Å². The first-order valence-corrected chi connectivity index (χ1v) is 6.38. The van der Waals surface area contributed by atoms with E-state index in [9.17, 15) is 4.79 Å². The van der Waals surface area contributed by atoms with Gasteiger partial charge in [0.05, 0.1) is 25.0 Å². The first kappa shape index (κ1) is 12.9. The zero-order chi connectivity index (χ0) is 14.1. The number of ether oxygens (including phenoxy) is 2. The van der Waals surface area contributed by atoms with Crippen LogP contribution in [0.25, 0.3) is 11.5 Å². The third kappa shape index (κ3) is 2.44.